The lowest BCUT2D eigenvalue weighted by molar-refractivity contribution is 0.111. The van der Waals surface area contributed by atoms with E-state index in [0.29, 0.717) is 17.2 Å². The number of carbonyl (C=O) groups is 1. The Morgan fingerprint density at radius 3 is 2.55 bits per heavy atom. The highest BCUT2D eigenvalue weighted by Crippen LogP contribution is 2.30. The summed E-state index contributed by atoms with van der Waals surface area (Å²) in [5.41, 5.74) is 1.82. The van der Waals surface area contributed by atoms with E-state index in [-0.39, 0.29) is 5.92 Å². The van der Waals surface area contributed by atoms with Crippen LogP contribution in [0.4, 0.5) is 0 Å². The fraction of sp³-hybridized carbons (Fsp3) is 0.357. The Morgan fingerprint density at radius 2 is 2.00 bits per heavy atom. The molecule has 106 valence electrons. The van der Waals surface area contributed by atoms with Gasteiger partial charge in [-0.15, -0.1) is 5.10 Å². The third-order valence-electron chi connectivity index (χ3n) is 3.01. The average Bonchev–Trinajstić information content (AvgIpc) is 2.90. The summed E-state index contributed by atoms with van der Waals surface area (Å²) in [4.78, 5) is 11.1. The fourth-order valence-electron chi connectivity index (χ4n) is 2.06. The summed E-state index contributed by atoms with van der Waals surface area (Å²) in [5, 5.41) is 7.97. The molecule has 6 heteroatoms. The number of ether oxygens (including phenoxy) is 2. The van der Waals surface area contributed by atoms with Crippen LogP contribution in [0.5, 0.6) is 11.5 Å². The predicted octanol–water partition coefficient (Wildman–Crippen LogP) is 2.22. The van der Waals surface area contributed by atoms with Crippen LogP contribution in [-0.4, -0.2) is 35.5 Å². The van der Waals surface area contributed by atoms with Crippen LogP contribution in [-0.2, 0) is 0 Å². The Labute approximate surface area is 117 Å². The summed E-state index contributed by atoms with van der Waals surface area (Å²) in [7, 11) is 3.17. The Bertz CT molecular complexity index is 620. The van der Waals surface area contributed by atoms with E-state index < -0.39 is 0 Å². The van der Waals surface area contributed by atoms with Crippen molar-refractivity contribution in [2.75, 3.05) is 14.2 Å². The van der Waals surface area contributed by atoms with Crippen molar-refractivity contribution in [2.24, 2.45) is 0 Å². The van der Waals surface area contributed by atoms with Gasteiger partial charge in [0.15, 0.2) is 6.29 Å². The minimum atomic E-state index is 0.108. The second-order valence-electron chi connectivity index (χ2n) is 4.58. The van der Waals surface area contributed by atoms with Crippen molar-refractivity contribution in [1.29, 1.82) is 0 Å². The van der Waals surface area contributed by atoms with E-state index in [0.717, 1.165) is 17.7 Å². The van der Waals surface area contributed by atoms with Gasteiger partial charge < -0.3 is 9.47 Å². The van der Waals surface area contributed by atoms with Crippen LogP contribution in [0.15, 0.2) is 18.2 Å². The van der Waals surface area contributed by atoms with Gasteiger partial charge in [0.25, 0.3) is 0 Å². The van der Waals surface area contributed by atoms with Crippen LogP contribution < -0.4 is 9.47 Å². The lowest BCUT2D eigenvalue weighted by Gasteiger charge is -2.13. The number of nitrogens with zero attached hydrogens (tertiary/aromatic N) is 3. The van der Waals surface area contributed by atoms with E-state index in [4.69, 9.17) is 9.47 Å². The number of rotatable bonds is 5. The number of aldehydes is 1. The third kappa shape index (κ3) is 2.36. The molecule has 0 bridgehead atoms. The van der Waals surface area contributed by atoms with Gasteiger partial charge in [0.2, 0.25) is 0 Å². The van der Waals surface area contributed by atoms with E-state index in [1.165, 1.54) is 0 Å². The molecule has 0 saturated heterocycles. The molecule has 0 N–H and O–H groups in total. The summed E-state index contributed by atoms with van der Waals surface area (Å²) in [6.07, 6.45) is 0.717. The zero-order chi connectivity index (χ0) is 14.7. The largest absolute Gasteiger partial charge is 0.497 e. The second kappa shape index (κ2) is 5.73. The summed E-state index contributed by atoms with van der Waals surface area (Å²) >= 11 is 0. The fourth-order valence-corrected chi connectivity index (χ4v) is 2.06. The van der Waals surface area contributed by atoms with Crippen molar-refractivity contribution in [3.05, 3.63) is 29.6 Å². The topological polar surface area (TPSA) is 66.2 Å². The Morgan fingerprint density at radius 1 is 1.25 bits per heavy atom. The van der Waals surface area contributed by atoms with Crippen LogP contribution in [0.1, 0.15) is 35.9 Å². The van der Waals surface area contributed by atoms with Crippen molar-refractivity contribution < 1.29 is 14.3 Å². The van der Waals surface area contributed by atoms with Gasteiger partial charge >= 0.3 is 0 Å². The molecule has 0 aliphatic rings. The van der Waals surface area contributed by atoms with Gasteiger partial charge in [-0.3, -0.25) is 4.79 Å². The first-order chi connectivity index (χ1) is 9.62. The molecule has 0 unspecified atom stereocenters. The molecule has 0 amide bonds. The maximum absolute atomic E-state index is 11.1. The van der Waals surface area contributed by atoms with Crippen LogP contribution in [0.25, 0.3) is 5.69 Å². The molecule has 0 saturated carbocycles. The highest BCUT2D eigenvalue weighted by atomic mass is 16.5. The molecular formula is C14H17N3O3. The normalized spacial score (nSPS) is 10.7. The van der Waals surface area contributed by atoms with Crippen molar-refractivity contribution in [2.45, 2.75) is 19.8 Å². The standard InChI is InChI=1S/C14H17N3O3/c1-9(2)14-11(8-18)15-16-17(14)12-6-5-10(19-3)7-13(12)20-4/h5-9H,1-4H3. The smallest absolute Gasteiger partial charge is 0.172 e. The van der Waals surface area contributed by atoms with Crippen LogP contribution in [0.2, 0.25) is 0 Å². The van der Waals surface area contributed by atoms with Crippen molar-refractivity contribution in [1.82, 2.24) is 15.0 Å². The molecule has 2 aromatic rings. The van der Waals surface area contributed by atoms with E-state index in [1.54, 1.807) is 25.0 Å². The van der Waals surface area contributed by atoms with Gasteiger partial charge in [-0.1, -0.05) is 19.1 Å². The molecule has 0 spiro atoms. The number of aromatic nitrogens is 3. The van der Waals surface area contributed by atoms with Crippen LogP contribution >= 0.6 is 0 Å². The monoisotopic (exact) mass is 275 g/mol. The second-order valence-corrected chi connectivity index (χ2v) is 4.58. The quantitative estimate of drug-likeness (QED) is 0.783. The number of carbonyl (C=O) groups excluding carboxylic acids is 1. The molecule has 2 rings (SSSR count). The molecule has 1 aromatic carbocycles. The van der Waals surface area contributed by atoms with Gasteiger partial charge in [-0.25, -0.2) is 4.68 Å². The molecule has 0 aliphatic heterocycles. The Kier molecular flexibility index (Phi) is 4.02. The summed E-state index contributed by atoms with van der Waals surface area (Å²) in [5.74, 6) is 1.40. The lowest BCUT2D eigenvalue weighted by atomic mass is 10.1. The molecule has 0 atom stereocenters. The van der Waals surface area contributed by atoms with Gasteiger partial charge in [0, 0.05) is 6.07 Å². The van der Waals surface area contributed by atoms with Crippen LogP contribution in [0, 0.1) is 0 Å². The van der Waals surface area contributed by atoms with E-state index in [9.17, 15) is 4.79 Å². The molecule has 1 aromatic heterocycles. The third-order valence-corrected chi connectivity index (χ3v) is 3.01. The van der Waals surface area contributed by atoms with Crippen molar-refractivity contribution in [3.8, 4) is 17.2 Å². The Hall–Kier alpha value is -2.37. The van der Waals surface area contributed by atoms with Gasteiger partial charge in [0.05, 0.1) is 19.9 Å². The van der Waals surface area contributed by atoms with E-state index in [1.807, 2.05) is 26.0 Å². The number of hydrogen-bond acceptors (Lipinski definition) is 5. The van der Waals surface area contributed by atoms with E-state index >= 15 is 0 Å². The number of hydrogen-bond donors (Lipinski definition) is 0. The van der Waals surface area contributed by atoms with Crippen molar-refractivity contribution in [3.63, 3.8) is 0 Å². The highest BCUT2D eigenvalue weighted by Gasteiger charge is 2.19. The first kappa shape index (κ1) is 14.0. The van der Waals surface area contributed by atoms with Crippen molar-refractivity contribution >= 4 is 6.29 Å². The minimum Gasteiger partial charge on any atom is -0.497 e. The molecule has 6 nitrogen and oxygen atoms in total. The first-order valence-corrected chi connectivity index (χ1v) is 6.25. The minimum absolute atomic E-state index is 0.108. The zero-order valence-electron chi connectivity index (χ0n) is 12.0. The lowest BCUT2D eigenvalue weighted by Crippen LogP contribution is -2.07. The zero-order valence-corrected chi connectivity index (χ0v) is 12.0. The van der Waals surface area contributed by atoms with E-state index in [2.05, 4.69) is 10.3 Å². The molecule has 1 heterocycles. The molecular weight excluding hydrogens is 258 g/mol. The summed E-state index contributed by atoms with van der Waals surface area (Å²) in [6.45, 7) is 3.97. The average molecular weight is 275 g/mol. The van der Waals surface area contributed by atoms with Gasteiger partial charge in [-0.2, -0.15) is 0 Å². The summed E-state index contributed by atoms with van der Waals surface area (Å²) in [6, 6.07) is 5.40. The molecule has 0 radical (unpaired) electrons. The van der Waals surface area contributed by atoms with Gasteiger partial charge in [0.1, 0.15) is 22.9 Å². The first-order valence-electron chi connectivity index (χ1n) is 6.25. The molecule has 0 aliphatic carbocycles. The number of methoxy groups -OCH3 is 2. The maximum atomic E-state index is 11.1. The number of benzene rings is 1. The molecule has 0 fully saturated rings. The van der Waals surface area contributed by atoms with Crippen LogP contribution in [0.3, 0.4) is 0 Å². The Balaban J connectivity index is 2.62. The summed E-state index contributed by atoms with van der Waals surface area (Å²) < 4.78 is 12.2. The maximum Gasteiger partial charge on any atom is 0.172 e. The SMILES string of the molecule is COc1ccc(-n2nnc(C=O)c2C(C)C)c(OC)c1. The predicted molar refractivity (Wildman–Crippen MR) is 73.9 cm³/mol. The molecule has 20 heavy (non-hydrogen) atoms. The van der Waals surface area contributed by atoms with Gasteiger partial charge in [-0.05, 0) is 18.1 Å². The highest BCUT2D eigenvalue weighted by molar-refractivity contribution is 5.74.